The molecule has 2 aliphatic rings. The van der Waals surface area contributed by atoms with Gasteiger partial charge in [-0.2, -0.15) is 0 Å². The number of carbonyl (C=O) groups is 3. The zero-order valence-electron chi connectivity index (χ0n) is 18.0. The second-order valence-corrected chi connectivity index (χ2v) is 8.90. The number of benzene rings is 2. The van der Waals surface area contributed by atoms with E-state index in [2.05, 4.69) is 15.9 Å². The number of imide groups is 1. The van der Waals surface area contributed by atoms with E-state index in [4.69, 9.17) is 9.47 Å². The van der Waals surface area contributed by atoms with Crippen molar-refractivity contribution < 1.29 is 23.9 Å². The molecule has 1 heterocycles. The molecule has 1 aliphatic carbocycles. The van der Waals surface area contributed by atoms with Gasteiger partial charge in [0.25, 0.3) is 11.8 Å². The average molecular weight is 501 g/mol. The molecule has 0 bridgehead atoms. The van der Waals surface area contributed by atoms with E-state index in [0.717, 1.165) is 30.2 Å². The molecule has 0 N–H and O–H groups in total. The minimum atomic E-state index is -0.824. The number of methoxy groups -OCH3 is 2. The molecule has 1 saturated heterocycles. The molecule has 3 amide bonds. The summed E-state index contributed by atoms with van der Waals surface area (Å²) in [6.45, 7) is 0. The van der Waals surface area contributed by atoms with Crippen LogP contribution in [-0.4, -0.2) is 48.9 Å². The SMILES string of the molecule is COc1ccc(C(=O)N(C2CCCC2)C2CC(=O)N(c3ccc(Br)cc3)C2=O)cc1OC. The molecule has 0 aromatic heterocycles. The van der Waals surface area contributed by atoms with Crippen LogP contribution in [0.5, 0.6) is 11.5 Å². The summed E-state index contributed by atoms with van der Waals surface area (Å²) >= 11 is 3.37. The fraction of sp³-hybridized carbons (Fsp3) is 0.375. The first-order valence-corrected chi connectivity index (χ1v) is 11.4. The second-order valence-electron chi connectivity index (χ2n) is 7.98. The summed E-state index contributed by atoms with van der Waals surface area (Å²) in [7, 11) is 3.04. The van der Waals surface area contributed by atoms with Gasteiger partial charge in [0.2, 0.25) is 5.91 Å². The van der Waals surface area contributed by atoms with Gasteiger partial charge in [-0.15, -0.1) is 0 Å². The quantitative estimate of drug-likeness (QED) is 0.556. The number of nitrogens with zero attached hydrogens (tertiary/aromatic N) is 2. The summed E-state index contributed by atoms with van der Waals surface area (Å²) in [5.41, 5.74) is 0.910. The Labute approximate surface area is 195 Å². The van der Waals surface area contributed by atoms with Crippen LogP contribution in [0.4, 0.5) is 5.69 Å². The molecule has 2 aromatic carbocycles. The van der Waals surface area contributed by atoms with Gasteiger partial charge >= 0.3 is 0 Å². The number of halogens is 1. The molecular weight excluding hydrogens is 476 g/mol. The van der Waals surface area contributed by atoms with Gasteiger partial charge in [0.15, 0.2) is 11.5 Å². The smallest absolute Gasteiger partial charge is 0.257 e. The predicted molar refractivity (Wildman–Crippen MR) is 123 cm³/mol. The molecule has 8 heteroatoms. The van der Waals surface area contributed by atoms with Crippen molar-refractivity contribution in [2.75, 3.05) is 19.1 Å². The van der Waals surface area contributed by atoms with Crippen LogP contribution in [-0.2, 0) is 9.59 Å². The van der Waals surface area contributed by atoms with Gasteiger partial charge in [0, 0.05) is 16.1 Å². The third-order valence-corrected chi connectivity index (χ3v) is 6.66. The number of ether oxygens (including phenoxy) is 2. The Morgan fingerprint density at radius 3 is 2.28 bits per heavy atom. The zero-order chi connectivity index (χ0) is 22.8. The lowest BCUT2D eigenvalue weighted by atomic mass is 10.1. The molecule has 0 radical (unpaired) electrons. The third-order valence-electron chi connectivity index (χ3n) is 6.13. The maximum atomic E-state index is 13.7. The van der Waals surface area contributed by atoms with Crippen molar-refractivity contribution in [3.05, 3.63) is 52.5 Å². The molecular formula is C24H25BrN2O5. The lowest BCUT2D eigenvalue weighted by molar-refractivity contribution is -0.123. The highest BCUT2D eigenvalue weighted by Crippen LogP contribution is 2.34. The number of hydrogen-bond acceptors (Lipinski definition) is 5. The van der Waals surface area contributed by atoms with E-state index in [-0.39, 0.29) is 30.2 Å². The Hall–Kier alpha value is -2.87. The molecule has 1 saturated carbocycles. The Morgan fingerprint density at radius 2 is 1.66 bits per heavy atom. The Morgan fingerprint density at radius 1 is 1.00 bits per heavy atom. The van der Waals surface area contributed by atoms with Crippen LogP contribution in [0.2, 0.25) is 0 Å². The van der Waals surface area contributed by atoms with Crippen molar-refractivity contribution in [1.29, 1.82) is 0 Å². The summed E-state index contributed by atoms with van der Waals surface area (Å²) < 4.78 is 11.5. The fourth-order valence-corrected chi connectivity index (χ4v) is 4.82. The van der Waals surface area contributed by atoms with Gasteiger partial charge in [0.05, 0.1) is 26.3 Å². The molecule has 7 nitrogen and oxygen atoms in total. The van der Waals surface area contributed by atoms with E-state index in [0.29, 0.717) is 22.7 Å². The van der Waals surface area contributed by atoms with Gasteiger partial charge in [-0.1, -0.05) is 28.8 Å². The highest BCUT2D eigenvalue weighted by molar-refractivity contribution is 9.10. The number of amides is 3. The summed E-state index contributed by atoms with van der Waals surface area (Å²) in [4.78, 5) is 42.8. The van der Waals surface area contributed by atoms with Gasteiger partial charge in [-0.3, -0.25) is 14.4 Å². The van der Waals surface area contributed by atoms with E-state index in [1.807, 2.05) is 0 Å². The lowest BCUT2D eigenvalue weighted by Crippen LogP contribution is -2.50. The van der Waals surface area contributed by atoms with Crippen molar-refractivity contribution in [3.8, 4) is 11.5 Å². The van der Waals surface area contributed by atoms with Gasteiger partial charge in [0.1, 0.15) is 6.04 Å². The molecule has 1 unspecified atom stereocenters. The van der Waals surface area contributed by atoms with Crippen LogP contribution >= 0.6 is 15.9 Å². The van der Waals surface area contributed by atoms with E-state index in [1.54, 1.807) is 47.4 Å². The van der Waals surface area contributed by atoms with Crippen LogP contribution in [0.15, 0.2) is 46.9 Å². The number of hydrogen-bond donors (Lipinski definition) is 0. The predicted octanol–water partition coefficient (Wildman–Crippen LogP) is 4.18. The number of anilines is 1. The van der Waals surface area contributed by atoms with Crippen LogP contribution < -0.4 is 14.4 Å². The molecule has 168 valence electrons. The van der Waals surface area contributed by atoms with E-state index < -0.39 is 6.04 Å². The summed E-state index contributed by atoms with van der Waals surface area (Å²) in [6, 6.07) is 11.1. The largest absolute Gasteiger partial charge is 0.493 e. The van der Waals surface area contributed by atoms with Crippen molar-refractivity contribution in [2.45, 2.75) is 44.2 Å². The minimum Gasteiger partial charge on any atom is -0.493 e. The average Bonchev–Trinajstić information content (AvgIpc) is 3.43. The summed E-state index contributed by atoms with van der Waals surface area (Å²) in [5, 5.41) is 0. The van der Waals surface area contributed by atoms with Gasteiger partial charge in [-0.25, -0.2) is 4.90 Å². The van der Waals surface area contributed by atoms with Crippen LogP contribution in [0.3, 0.4) is 0 Å². The maximum absolute atomic E-state index is 13.7. The summed E-state index contributed by atoms with van der Waals surface area (Å²) in [6.07, 6.45) is 3.59. The van der Waals surface area contributed by atoms with E-state index >= 15 is 0 Å². The summed E-state index contributed by atoms with van der Waals surface area (Å²) in [5.74, 6) is 0.0187. The minimum absolute atomic E-state index is 0.0234. The first kappa shape index (κ1) is 22.3. The standard InChI is InChI=1S/C24H25BrN2O5/c1-31-20-12-7-15(13-21(20)32-2)23(29)26(17-5-3-4-6-17)19-14-22(28)27(24(19)30)18-10-8-16(25)9-11-18/h7-13,17,19H,3-6,14H2,1-2H3. The Kier molecular flexibility index (Phi) is 6.50. The van der Waals surface area contributed by atoms with Gasteiger partial charge < -0.3 is 14.4 Å². The molecule has 1 atom stereocenters. The zero-order valence-corrected chi connectivity index (χ0v) is 19.6. The maximum Gasteiger partial charge on any atom is 0.257 e. The van der Waals surface area contributed by atoms with E-state index in [1.165, 1.54) is 19.1 Å². The van der Waals surface area contributed by atoms with Gasteiger partial charge in [-0.05, 0) is 55.3 Å². The third kappa shape index (κ3) is 4.11. The number of rotatable bonds is 6. The first-order valence-electron chi connectivity index (χ1n) is 10.6. The second kappa shape index (κ2) is 9.32. The molecule has 2 fully saturated rings. The normalized spacial score (nSPS) is 18.8. The highest BCUT2D eigenvalue weighted by Gasteiger charge is 2.47. The van der Waals surface area contributed by atoms with Crippen molar-refractivity contribution in [1.82, 2.24) is 4.90 Å². The number of carbonyl (C=O) groups excluding carboxylic acids is 3. The van der Waals surface area contributed by atoms with Crippen LogP contribution in [0, 0.1) is 0 Å². The Balaban J connectivity index is 1.68. The van der Waals surface area contributed by atoms with Crippen LogP contribution in [0.1, 0.15) is 42.5 Å². The highest BCUT2D eigenvalue weighted by atomic mass is 79.9. The van der Waals surface area contributed by atoms with Crippen molar-refractivity contribution >= 4 is 39.3 Å². The molecule has 1 aliphatic heterocycles. The van der Waals surface area contributed by atoms with Crippen LogP contribution in [0.25, 0.3) is 0 Å². The Bertz CT molecular complexity index is 1030. The van der Waals surface area contributed by atoms with Crippen molar-refractivity contribution in [3.63, 3.8) is 0 Å². The molecule has 2 aromatic rings. The monoisotopic (exact) mass is 500 g/mol. The lowest BCUT2D eigenvalue weighted by Gasteiger charge is -2.33. The van der Waals surface area contributed by atoms with E-state index in [9.17, 15) is 14.4 Å². The van der Waals surface area contributed by atoms with Crippen molar-refractivity contribution in [2.24, 2.45) is 0 Å². The topological polar surface area (TPSA) is 76.2 Å². The molecule has 4 rings (SSSR count). The molecule has 32 heavy (non-hydrogen) atoms. The molecule has 0 spiro atoms. The fourth-order valence-electron chi connectivity index (χ4n) is 4.56. The first-order chi connectivity index (χ1) is 15.4.